The second kappa shape index (κ2) is 7.01. The maximum absolute atomic E-state index is 12.5. The van der Waals surface area contributed by atoms with E-state index in [4.69, 9.17) is 15.2 Å². The van der Waals surface area contributed by atoms with E-state index in [-0.39, 0.29) is 12.7 Å². The molecule has 1 aromatic rings. The lowest BCUT2D eigenvalue weighted by Gasteiger charge is -2.34. The van der Waals surface area contributed by atoms with Crippen LogP contribution in [0, 0.1) is 0 Å². The standard InChI is InChI=1S/C17H24N2O3/c18-9-8-17(20)19(14-4-2-1-3-5-14)11-13-6-7-15-16(10-13)22-12-21-15/h6-7,10,14H,1-5,8-9,11-12,18H2. The van der Waals surface area contributed by atoms with Gasteiger partial charge in [-0.2, -0.15) is 0 Å². The summed E-state index contributed by atoms with van der Waals surface area (Å²) in [5.74, 6) is 1.71. The number of hydrogen-bond acceptors (Lipinski definition) is 4. The van der Waals surface area contributed by atoms with Gasteiger partial charge >= 0.3 is 0 Å². The van der Waals surface area contributed by atoms with Gasteiger partial charge in [-0.1, -0.05) is 25.3 Å². The second-order valence-corrected chi connectivity index (χ2v) is 6.04. The first-order valence-corrected chi connectivity index (χ1v) is 8.16. The summed E-state index contributed by atoms with van der Waals surface area (Å²) in [4.78, 5) is 14.5. The molecular formula is C17H24N2O3. The van der Waals surface area contributed by atoms with Crippen LogP contribution in [0.15, 0.2) is 18.2 Å². The van der Waals surface area contributed by atoms with Crippen LogP contribution in [0.5, 0.6) is 11.5 Å². The first-order valence-electron chi connectivity index (χ1n) is 8.16. The van der Waals surface area contributed by atoms with E-state index in [1.165, 1.54) is 19.3 Å². The fraction of sp³-hybridized carbons (Fsp3) is 0.588. The first kappa shape index (κ1) is 15.2. The van der Waals surface area contributed by atoms with Crippen LogP contribution in [-0.2, 0) is 11.3 Å². The van der Waals surface area contributed by atoms with Crippen LogP contribution >= 0.6 is 0 Å². The van der Waals surface area contributed by atoms with Crippen molar-refractivity contribution in [1.29, 1.82) is 0 Å². The lowest BCUT2D eigenvalue weighted by molar-refractivity contribution is -0.134. The Kier molecular flexibility index (Phi) is 4.83. The van der Waals surface area contributed by atoms with Gasteiger partial charge < -0.3 is 20.1 Å². The summed E-state index contributed by atoms with van der Waals surface area (Å²) in [5.41, 5.74) is 6.66. The Bertz CT molecular complexity index is 527. The summed E-state index contributed by atoms with van der Waals surface area (Å²) in [5, 5.41) is 0. The van der Waals surface area contributed by atoms with Gasteiger partial charge in [-0.05, 0) is 30.5 Å². The summed E-state index contributed by atoms with van der Waals surface area (Å²) in [7, 11) is 0. The van der Waals surface area contributed by atoms with E-state index in [1.807, 2.05) is 23.1 Å². The van der Waals surface area contributed by atoms with Gasteiger partial charge in [0.25, 0.3) is 0 Å². The Morgan fingerprint density at radius 3 is 2.73 bits per heavy atom. The Morgan fingerprint density at radius 1 is 1.18 bits per heavy atom. The topological polar surface area (TPSA) is 64.8 Å². The normalized spacial score (nSPS) is 17.5. The van der Waals surface area contributed by atoms with Crippen molar-refractivity contribution < 1.29 is 14.3 Å². The van der Waals surface area contributed by atoms with Crippen LogP contribution in [0.3, 0.4) is 0 Å². The van der Waals surface area contributed by atoms with Crippen molar-refractivity contribution in [2.75, 3.05) is 13.3 Å². The zero-order valence-electron chi connectivity index (χ0n) is 12.9. The van der Waals surface area contributed by atoms with Crippen LogP contribution in [-0.4, -0.2) is 30.2 Å². The van der Waals surface area contributed by atoms with Crippen molar-refractivity contribution in [2.24, 2.45) is 5.73 Å². The van der Waals surface area contributed by atoms with Gasteiger partial charge in [0.05, 0.1) is 0 Å². The minimum absolute atomic E-state index is 0.159. The highest BCUT2D eigenvalue weighted by Crippen LogP contribution is 2.33. The molecule has 0 aromatic heterocycles. The van der Waals surface area contributed by atoms with Gasteiger partial charge in [0, 0.05) is 25.6 Å². The molecule has 0 unspecified atom stereocenters. The Labute approximate surface area is 131 Å². The first-order chi connectivity index (χ1) is 10.8. The van der Waals surface area contributed by atoms with E-state index < -0.39 is 0 Å². The molecule has 0 atom stereocenters. The highest BCUT2D eigenvalue weighted by Gasteiger charge is 2.25. The van der Waals surface area contributed by atoms with E-state index in [0.717, 1.165) is 29.9 Å². The molecule has 1 aliphatic heterocycles. The number of benzene rings is 1. The van der Waals surface area contributed by atoms with Crippen molar-refractivity contribution in [1.82, 2.24) is 4.90 Å². The number of nitrogens with zero attached hydrogens (tertiary/aromatic N) is 1. The SMILES string of the molecule is NCCC(=O)N(Cc1ccc2c(c1)OCO2)C1CCCCC1. The summed E-state index contributed by atoms with van der Waals surface area (Å²) < 4.78 is 10.8. The number of nitrogens with two attached hydrogens (primary N) is 1. The number of fused-ring (bicyclic) bond motifs is 1. The molecular weight excluding hydrogens is 280 g/mol. The molecule has 5 nitrogen and oxygen atoms in total. The molecule has 2 N–H and O–H groups in total. The van der Waals surface area contributed by atoms with Crippen molar-refractivity contribution in [3.05, 3.63) is 23.8 Å². The molecule has 1 aliphatic carbocycles. The molecule has 1 amide bonds. The smallest absolute Gasteiger partial charge is 0.231 e. The molecule has 1 aromatic carbocycles. The van der Waals surface area contributed by atoms with Gasteiger partial charge in [-0.3, -0.25) is 4.79 Å². The maximum Gasteiger partial charge on any atom is 0.231 e. The van der Waals surface area contributed by atoms with Crippen LogP contribution < -0.4 is 15.2 Å². The fourth-order valence-corrected chi connectivity index (χ4v) is 3.32. The van der Waals surface area contributed by atoms with E-state index in [9.17, 15) is 4.79 Å². The van der Waals surface area contributed by atoms with E-state index in [2.05, 4.69) is 0 Å². The predicted octanol–water partition coefficient (Wildman–Crippen LogP) is 2.43. The molecule has 0 spiro atoms. The summed E-state index contributed by atoms with van der Waals surface area (Å²) >= 11 is 0. The minimum Gasteiger partial charge on any atom is -0.454 e. The van der Waals surface area contributed by atoms with Crippen molar-refractivity contribution in [3.63, 3.8) is 0 Å². The molecule has 1 fully saturated rings. The summed E-state index contributed by atoms with van der Waals surface area (Å²) in [6.45, 7) is 1.31. The lowest BCUT2D eigenvalue weighted by atomic mass is 9.93. The molecule has 0 radical (unpaired) electrons. The number of rotatable bonds is 5. The highest BCUT2D eigenvalue weighted by molar-refractivity contribution is 5.76. The van der Waals surface area contributed by atoms with Crippen LogP contribution in [0.25, 0.3) is 0 Å². The van der Waals surface area contributed by atoms with Gasteiger partial charge in [-0.15, -0.1) is 0 Å². The van der Waals surface area contributed by atoms with Crippen LogP contribution in [0.2, 0.25) is 0 Å². The van der Waals surface area contributed by atoms with Crippen molar-refractivity contribution >= 4 is 5.91 Å². The Hall–Kier alpha value is -1.75. The Morgan fingerprint density at radius 2 is 1.95 bits per heavy atom. The largest absolute Gasteiger partial charge is 0.454 e. The molecule has 0 bridgehead atoms. The van der Waals surface area contributed by atoms with Crippen molar-refractivity contribution in [2.45, 2.75) is 51.1 Å². The van der Waals surface area contributed by atoms with E-state index in [0.29, 0.717) is 25.6 Å². The third-order valence-electron chi connectivity index (χ3n) is 4.48. The molecule has 1 heterocycles. The zero-order valence-corrected chi connectivity index (χ0v) is 12.9. The third kappa shape index (κ3) is 3.35. The zero-order chi connectivity index (χ0) is 15.4. The molecule has 1 saturated carbocycles. The predicted molar refractivity (Wildman–Crippen MR) is 83.7 cm³/mol. The molecule has 2 aliphatic rings. The second-order valence-electron chi connectivity index (χ2n) is 6.04. The number of hydrogen-bond donors (Lipinski definition) is 1. The number of amides is 1. The van der Waals surface area contributed by atoms with Gasteiger partial charge in [0.15, 0.2) is 11.5 Å². The van der Waals surface area contributed by atoms with Gasteiger partial charge in [-0.25, -0.2) is 0 Å². The number of carbonyl (C=O) groups is 1. The van der Waals surface area contributed by atoms with E-state index >= 15 is 0 Å². The highest BCUT2D eigenvalue weighted by atomic mass is 16.7. The van der Waals surface area contributed by atoms with Crippen molar-refractivity contribution in [3.8, 4) is 11.5 Å². The third-order valence-corrected chi connectivity index (χ3v) is 4.48. The summed E-state index contributed by atoms with van der Waals surface area (Å²) in [6, 6.07) is 6.26. The Balaban J connectivity index is 1.75. The number of ether oxygens (including phenoxy) is 2. The fourth-order valence-electron chi connectivity index (χ4n) is 3.32. The number of carbonyl (C=O) groups excluding carboxylic acids is 1. The molecule has 3 rings (SSSR count). The van der Waals surface area contributed by atoms with Crippen LogP contribution in [0.4, 0.5) is 0 Å². The average molecular weight is 304 g/mol. The lowest BCUT2D eigenvalue weighted by Crippen LogP contribution is -2.41. The maximum atomic E-state index is 12.5. The molecule has 0 saturated heterocycles. The molecule has 5 heteroatoms. The summed E-state index contributed by atoms with van der Waals surface area (Å²) in [6.07, 6.45) is 6.30. The van der Waals surface area contributed by atoms with Gasteiger partial charge in [0.1, 0.15) is 0 Å². The molecule has 120 valence electrons. The minimum atomic E-state index is 0.159. The molecule has 22 heavy (non-hydrogen) atoms. The quantitative estimate of drug-likeness (QED) is 0.907. The van der Waals surface area contributed by atoms with Crippen LogP contribution in [0.1, 0.15) is 44.1 Å². The average Bonchev–Trinajstić information content (AvgIpc) is 3.01. The van der Waals surface area contributed by atoms with E-state index in [1.54, 1.807) is 0 Å². The monoisotopic (exact) mass is 304 g/mol. The van der Waals surface area contributed by atoms with Gasteiger partial charge in [0.2, 0.25) is 12.7 Å².